The minimum atomic E-state index is -2.92. The molecule has 72 valence electrons. The lowest BCUT2D eigenvalue weighted by Crippen LogP contribution is -2.25. The highest BCUT2D eigenvalue weighted by molar-refractivity contribution is 7.98. The van der Waals surface area contributed by atoms with Crippen molar-refractivity contribution in [2.45, 2.75) is 10.8 Å². The predicted octanol–water partition coefficient (Wildman–Crippen LogP) is 2.46. The Labute approximate surface area is 80.3 Å². The maximum Gasteiger partial charge on any atom is 0.286 e. The average Bonchev–Trinajstić information content (AvgIpc) is 2.18. The maximum absolute atomic E-state index is 13.2. The Kier molecular flexibility index (Phi) is 3.27. The summed E-state index contributed by atoms with van der Waals surface area (Å²) >= 11 is 1.30. The molecule has 0 aliphatic heterocycles. The van der Waals surface area contributed by atoms with Crippen LogP contribution in [0.4, 0.5) is 8.78 Å². The largest absolute Gasteiger partial charge is 0.325 e. The quantitative estimate of drug-likeness (QED) is 0.764. The summed E-state index contributed by atoms with van der Waals surface area (Å²) in [6, 6.07) is 6.42. The van der Waals surface area contributed by atoms with Crippen LogP contribution in [-0.2, 0) is 5.92 Å². The first-order chi connectivity index (χ1) is 6.11. The second kappa shape index (κ2) is 4.07. The number of alkyl halides is 2. The molecule has 0 spiro atoms. The van der Waals surface area contributed by atoms with E-state index in [9.17, 15) is 8.78 Å². The van der Waals surface area contributed by atoms with Gasteiger partial charge >= 0.3 is 0 Å². The third-order valence-corrected chi connectivity index (χ3v) is 2.55. The highest BCUT2D eigenvalue weighted by Gasteiger charge is 2.31. The number of hydrogen-bond donors (Lipinski definition) is 1. The molecule has 2 N–H and O–H groups in total. The summed E-state index contributed by atoms with van der Waals surface area (Å²) in [6.07, 6.45) is 1.77. The highest BCUT2D eigenvalue weighted by Crippen LogP contribution is 2.33. The van der Waals surface area contributed by atoms with E-state index in [-0.39, 0.29) is 5.56 Å². The van der Waals surface area contributed by atoms with E-state index < -0.39 is 12.5 Å². The first-order valence-corrected chi connectivity index (χ1v) is 5.05. The van der Waals surface area contributed by atoms with Gasteiger partial charge in [0.2, 0.25) is 0 Å². The molecule has 0 radical (unpaired) electrons. The average molecular weight is 203 g/mol. The molecule has 0 heterocycles. The smallest absolute Gasteiger partial charge is 0.286 e. The second-order valence-corrected chi connectivity index (χ2v) is 3.46. The summed E-state index contributed by atoms with van der Waals surface area (Å²) in [5, 5.41) is 0. The molecule has 0 unspecified atom stereocenters. The molecule has 0 atom stereocenters. The van der Waals surface area contributed by atoms with Crippen molar-refractivity contribution in [1.82, 2.24) is 0 Å². The molecule has 0 amide bonds. The lowest BCUT2D eigenvalue weighted by atomic mass is 10.1. The van der Waals surface area contributed by atoms with Crippen LogP contribution in [0.2, 0.25) is 0 Å². The van der Waals surface area contributed by atoms with Crippen LogP contribution in [0.25, 0.3) is 0 Å². The fourth-order valence-electron chi connectivity index (χ4n) is 1.06. The summed E-state index contributed by atoms with van der Waals surface area (Å²) in [5.74, 6) is -2.92. The SMILES string of the molecule is CSc1ccccc1C(F)(F)CN. The first kappa shape index (κ1) is 10.5. The molecule has 13 heavy (non-hydrogen) atoms. The molecule has 1 aromatic rings. The maximum atomic E-state index is 13.2. The number of nitrogens with two attached hydrogens (primary N) is 1. The Hall–Kier alpha value is -0.610. The zero-order valence-corrected chi connectivity index (χ0v) is 8.07. The molecule has 1 aromatic carbocycles. The van der Waals surface area contributed by atoms with Crippen molar-refractivity contribution in [1.29, 1.82) is 0 Å². The number of rotatable bonds is 3. The van der Waals surface area contributed by atoms with Gasteiger partial charge in [-0.1, -0.05) is 18.2 Å². The van der Waals surface area contributed by atoms with E-state index in [1.54, 1.807) is 24.5 Å². The van der Waals surface area contributed by atoms with Gasteiger partial charge in [-0.05, 0) is 12.3 Å². The molecule has 0 aliphatic carbocycles. The molecule has 0 aromatic heterocycles. The summed E-state index contributed by atoms with van der Waals surface area (Å²) in [6.45, 7) is -0.648. The van der Waals surface area contributed by atoms with Crippen LogP contribution >= 0.6 is 11.8 Å². The van der Waals surface area contributed by atoms with Crippen molar-refractivity contribution in [2.75, 3.05) is 12.8 Å². The van der Waals surface area contributed by atoms with Gasteiger partial charge in [0.25, 0.3) is 5.92 Å². The first-order valence-electron chi connectivity index (χ1n) is 3.83. The van der Waals surface area contributed by atoms with Crippen LogP contribution in [0, 0.1) is 0 Å². The molecule has 0 saturated carbocycles. The van der Waals surface area contributed by atoms with Crippen LogP contribution in [-0.4, -0.2) is 12.8 Å². The third-order valence-electron chi connectivity index (χ3n) is 1.76. The molecule has 4 heteroatoms. The summed E-state index contributed by atoms with van der Waals surface area (Å²) < 4.78 is 26.4. The monoisotopic (exact) mass is 203 g/mol. The molecule has 0 fully saturated rings. The van der Waals surface area contributed by atoms with E-state index in [0.717, 1.165) is 0 Å². The number of benzene rings is 1. The van der Waals surface area contributed by atoms with Gasteiger partial charge < -0.3 is 5.73 Å². The lowest BCUT2D eigenvalue weighted by Gasteiger charge is -2.16. The zero-order valence-electron chi connectivity index (χ0n) is 7.26. The fourth-order valence-corrected chi connectivity index (χ4v) is 1.71. The van der Waals surface area contributed by atoms with Gasteiger partial charge in [0, 0.05) is 10.5 Å². The van der Waals surface area contributed by atoms with Crippen LogP contribution < -0.4 is 5.73 Å². The number of thioether (sulfide) groups is 1. The van der Waals surface area contributed by atoms with Crippen molar-refractivity contribution in [3.05, 3.63) is 29.8 Å². The standard InChI is InChI=1S/C9H11F2NS/c1-13-8-5-3-2-4-7(8)9(10,11)6-12/h2-5H,6,12H2,1H3. The van der Waals surface area contributed by atoms with Crippen molar-refractivity contribution in [3.63, 3.8) is 0 Å². The zero-order chi connectivity index (χ0) is 9.90. The summed E-state index contributed by atoms with van der Waals surface area (Å²) in [5.41, 5.74) is 5.02. The Bertz CT molecular complexity index is 289. The fraction of sp³-hybridized carbons (Fsp3) is 0.333. The Morgan fingerprint density at radius 3 is 2.54 bits per heavy atom. The Morgan fingerprint density at radius 2 is 2.00 bits per heavy atom. The Balaban J connectivity index is 3.12. The molecular weight excluding hydrogens is 192 g/mol. The molecule has 0 aliphatic rings. The van der Waals surface area contributed by atoms with Crippen LogP contribution in [0.3, 0.4) is 0 Å². The van der Waals surface area contributed by atoms with E-state index in [4.69, 9.17) is 5.73 Å². The van der Waals surface area contributed by atoms with Crippen molar-refractivity contribution >= 4 is 11.8 Å². The highest BCUT2D eigenvalue weighted by atomic mass is 32.2. The van der Waals surface area contributed by atoms with Gasteiger partial charge in [-0.3, -0.25) is 0 Å². The molecule has 0 bridgehead atoms. The third kappa shape index (κ3) is 2.19. The minimum absolute atomic E-state index is 0.0185. The van der Waals surface area contributed by atoms with Gasteiger partial charge in [0.05, 0.1) is 6.54 Å². The van der Waals surface area contributed by atoms with Gasteiger partial charge in [-0.2, -0.15) is 8.78 Å². The predicted molar refractivity (Wildman–Crippen MR) is 51.2 cm³/mol. The van der Waals surface area contributed by atoms with E-state index in [1.807, 2.05) is 0 Å². The molecule has 1 nitrogen and oxygen atoms in total. The molecule has 0 saturated heterocycles. The van der Waals surface area contributed by atoms with Crippen LogP contribution in [0.5, 0.6) is 0 Å². The van der Waals surface area contributed by atoms with Crippen LogP contribution in [0.15, 0.2) is 29.2 Å². The number of hydrogen-bond acceptors (Lipinski definition) is 2. The summed E-state index contributed by atoms with van der Waals surface area (Å²) in [7, 11) is 0. The van der Waals surface area contributed by atoms with Crippen molar-refractivity contribution < 1.29 is 8.78 Å². The lowest BCUT2D eigenvalue weighted by molar-refractivity contribution is 0.00322. The van der Waals surface area contributed by atoms with Gasteiger partial charge in [0.1, 0.15) is 0 Å². The van der Waals surface area contributed by atoms with E-state index in [1.165, 1.54) is 17.8 Å². The Morgan fingerprint density at radius 1 is 1.38 bits per heavy atom. The van der Waals surface area contributed by atoms with Crippen LogP contribution in [0.1, 0.15) is 5.56 Å². The van der Waals surface area contributed by atoms with E-state index >= 15 is 0 Å². The van der Waals surface area contributed by atoms with Gasteiger partial charge in [-0.25, -0.2) is 0 Å². The van der Waals surface area contributed by atoms with Gasteiger partial charge in [-0.15, -0.1) is 11.8 Å². The van der Waals surface area contributed by atoms with E-state index in [0.29, 0.717) is 4.90 Å². The molecule has 1 rings (SSSR count). The second-order valence-electron chi connectivity index (χ2n) is 2.61. The van der Waals surface area contributed by atoms with Gasteiger partial charge in [0.15, 0.2) is 0 Å². The number of halogens is 2. The van der Waals surface area contributed by atoms with Crippen molar-refractivity contribution in [2.24, 2.45) is 5.73 Å². The topological polar surface area (TPSA) is 26.0 Å². The normalized spacial score (nSPS) is 11.7. The van der Waals surface area contributed by atoms with Crippen molar-refractivity contribution in [3.8, 4) is 0 Å². The van der Waals surface area contributed by atoms with E-state index in [2.05, 4.69) is 0 Å². The molecular formula is C9H11F2NS. The summed E-state index contributed by atoms with van der Waals surface area (Å²) in [4.78, 5) is 0.581. The minimum Gasteiger partial charge on any atom is -0.325 e.